The molecule has 0 aliphatic heterocycles. The molecule has 0 radical (unpaired) electrons. The minimum Gasteiger partial charge on any atom is -0.443 e. The van der Waals surface area contributed by atoms with Crippen LogP contribution in [0.3, 0.4) is 0 Å². The molecule has 0 bridgehead atoms. The van der Waals surface area contributed by atoms with Crippen LogP contribution in [0.4, 0.5) is 10.6 Å². The Morgan fingerprint density at radius 1 is 1.19 bits per heavy atom. The van der Waals surface area contributed by atoms with E-state index in [9.17, 15) is 4.79 Å². The fourth-order valence-corrected chi connectivity index (χ4v) is 2.39. The lowest BCUT2D eigenvalue weighted by Crippen LogP contribution is -2.34. The lowest BCUT2D eigenvalue weighted by molar-refractivity contribution is 0.0588. The Balaban J connectivity index is 1.88. The number of imidazole rings is 1. The van der Waals surface area contributed by atoms with Crippen LogP contribution < -0.4 is 4.90 Å². The molecule has 7 nitrogen and oxygen atoms in total. The molecule has 0 atom stereocenters. The number of aliphatic hydroxyl groups is 1. The summed E-state index contributed by atoms with van der Waals surface area (Å²) >= 11 is 0. The summed E-state index contributed by atoms with van der Waals surface area (Å²) in [6, 6.07) is 9.25. The molecule has 0 saturated heterocycles. The fourth-order valence-electron chi connectivity index (χ4n) is 2.39. The number of hydrogen-bond acceptors (Lipinski definition) is 5. The lowest BCUT2D eigenvalue weighted by Gasteiger charge is -2.24. The van der Waals surface area contributed by atoms with E-state index in [4.69, 9.17) is 9.84 Å². The van der Waals surface area contributed by atoms with Crippen LogP contribution >= 0.6 is 0 Å². The predicted octanol–water partition coefficient (Wildman–Crippen LogP) is 3.26. The zero-order valence-corrected chi connectivity index (χ0v) is 15.3. The Morgan fingerprint density at radius 2 is 1.88 bits per heavy atom. The molecule has 136 valence electrons. The van der Waals surface area contributed by atoms with Crippen molar-refractivity contribution >= 4 is 17.7 Å². The Morgan fingerprint density at radius 3 is 2.50 bits per heavy atom. The van der Waals surface area contributed by atoms with E-state index in [1.165, 1.54) is 4.90 Å². The Hall–Kier alpha value is -2.93. The predicted molar refractivity (Wildman–Crippen MR) is 99.0 cm³/mol. The van der Waals surface area contributed by atoms with Crippen LogP contribution in [0.2, 0.25) is 0 Å². The van der Waals surface area contributed by atoms with Gasteiger partial charge in [0, 0.05) is 25.0 Å². The van der Waals surface area contributed by atoms with Gasteiger partial charge in [-0.15, -0.1) is 0 Å². The molecule has 1 N–H and O–H groups in total. The minimum absolute atomic E-state index is 0.00730. The second kappa shape index (κ2) is 6.76. The van der Waals surface area contributed by atoms with Crippen LogP contribution in [0.5, 0.6) is 0 Å². The standard InChI is InChI=1S/C19H22N4O3/c1-19(2,3)26-18(25)22(4)16-9-10-23-11-15(20-17(23)21-16)14-7-5-13(12-24)6-8-14/h5-11,24H,12H2,1-4H3. The molecule has 0 aliphatic carbocycles. The number of benzene rings is 1. The van der Waals surface area contributed by atoms with E-state index in [0.29, 0.717) is 11.6 Å². The van der Waals surface area contributed by atoms with E-state index in [1.807, 2.05) is 51.2 Å². The van der Waals surface area contributed by atoms with Gasteiger partial charge in [-0.25, -0.2) is 9.78 Å². The van der Waals surface area contributed by atoms with Crippen molar-refractivity contribution in [2.45, 2.75) is 33.0 Å². The summed E-state index contributed by atoms with van der Waals surface area (Å²) in [6.07, 6.45) is 3.20. The van der Waals surface area contributed by atoms with Crippen LogP contribution in [-0.2, 0) is 11.3 Å². The van der Waals surface area contributed by atoms with Gasteiger partial charge in [0.2, 0.25) is 5.78 Å². The molecule has 0 unspecified atom stereocenters. The van der Waals surface area contributed by atoms with E-state index in [2.05, 4.69) is 9.97 Å². The molecule has 26 heavy (non-hydrogen) atoms. The van der Waals surface area contributed by atoms with Crippen LogP contribution in [0.1, 0.15) is 26.3 Å². The summed E-state index contributed by atoms with van der Waals surface area (Å²) < 4.78 is 7.16. The van der Waals surface area contributed by atoms with Crippen molar-refractivity contribution in [2.75, 3.05) is 11.9 Å². The third kappa shape index (κ3) is 3.83. The highest BCUT2D eigenvalue weighted by Crippen LogP contribution is 2.21. The summed E-state index contributed by atoms with van der Waals surface area (Å²) in [5.41, 5.74) is 1.96. The van der Waals surface area contributed by atoms with Crippen molar-refractivity contribution in [3.63, 3.8) is 0 Å². The third-order valence-electron chi connectivity index (χ3n) is 3.75. The number of fused-ring (bicyclic) bond motifs is 1. The number of amides is 1. The van der Waals surface area contributed by atoms with Gasteiger partial charge >= 0.3 is 6.09 Å². The number of carbonyl (C=O) groups excluding carboxylic acids is 1. The van der Waals surface area contributed by atoms with Crippen molar-refractivity contribution in [3.05, 3.63) is 48.3 Å². The van der Waals surface area contributed by atoms with Gasteiger partial charge in [0.05, 0.1) is 12.3 Å². The first-order valence-electron chi connectivity index (χ1n) is 8.29. The average molecular weight is 354 g/mol. The van der Waals surface area contributed by atoms with Gasteiger partial charge in [-0.3, -0.25) is 9.30 Å². The highest BCUT2D eigenvalue weighted by Gasteiger charge is 2.21. The second-order valence-electron chi connectivity index (χ2n) is 7.01. The Bertz CT molecular complexity index is 926. The quantitative estimate of drug-likeness (QED) is 0.781. The van der Waals surface area contributed by atoms with Gasteiger partial charge in [-0.05, 0) is 32.4 Å². The largest absolute Gasteiger partial charge is 0.443 e. The zero-order chi connectivity index (χ0) is 18.9. The molecular formula is C19H22N4O3. The smallest absolute Gasteiger partial charge is 0.415 e. The lowest BCUT2D eigenvalue weighted by atomic mass is 10.1. The number of carbonyl (C=O) groups is 1. The Kier molecular flexibility index (Phi) is 4.65. The van der Waals surface area contributed by atoms with Crippen LogP contribution in [0, 0.1) is 0 Å². The first kappa shape index (κ1) is 17.9. The van der Waals surface area contributed by atoms with E-state index in [-0.39, 0.29) is 6.61 Å². The molecule has 7 heteroatoms. The number of aromatic nitrogens is 3. The molecule has 2 aromatic heterocycles. The molecule has 3 aromatic rings. The van der Waals surface area contributed by atoms with Gasteiger partial charge in [-0.2, -0.15) is 4.98 Å². The van der Waals surface area contributed by atoms with E-state index < -0.39 is 11.7 Å². The van der Waals surface area contributed by atoms with Crippen molar-refractivity contribution in [3.8, 4) is 11.3 Å². The van der Waals surface area contributed by atoms with Crippen LogP contribution in [-0.4, -0.2) is 38.2 Å². The van der Waals surface area contributed by atoms with Crippen molar-refractivity contribution < 1.29 is 14.6 Å². The zero-order valence-electron chi connectivity index (χ0n) is 15.3. The first-order chi connectivity index (χ1) is 12.3. The van der Waals surface area contributed by atoms with Crippen LogP contribution in [0.15, 0.2) is 42.7 Å². The van der Waals surface area contributed by atoms with Gasteiger partial charge < -0.3 is 9.84 Å². The van der Waals surface area contributed by atoms with Crippen molar-refractivity contribution in [1.29, 1.82) is 0 Å². The average Bonchev–Trinajstić information content (AvgIpc) is 3.02. The summed E-state index contributed by atoms with van der Waals surface area (Å²) in [7, 11) is 1.62. The number of anilines is 1. The molecule has 1 aromatic carbocycles. The molecule has 3 rings (SSSR count). The molecule has 2 heterocycles. The van der Waals surface area contributed by atoms with Crippen LogP contribution in [0.25, 0.3) is 17.0 Å². The maximum absolute atomic E-state index is 12.2. The summed E-state index contributed by atoms with van der Waals surface area (Å²) in [4.78, 5) is 22.5. The number of rotatable bonds is 3. The summed E-state index contributed by atoms with van der Waals surface area (Å²) in [5.74, 6) is 0.943. The van der Waals surface area contributed by atoms with Gasteiger partial charge in [-0.1, -0.05) is 24.3 Å². The topological polar surface area (TPSA) is 80.0 Å². The summed E-state index contributed by atoms with van der Waals surface area (Å²) in [5, 5.41) is 9.14. The maximum Gasteiger partial charge on any atom is 0.415 e. The van der Waals surface area contributed by atoms with Crippen molar-refractivity contribution in [2.24, 2.45) is 0 Å². The second-order valence-corrected chi connectivity index (χ2v) is 7.01. The molecule has 0 saturated carbocycles. The molecular weight excluding hydrogens is 332 g/mol. The normalized spacial score (nSPS) is 11.6. The first-order valence-corrected chi connectivity index (χ1v) is 8.29. The number of nitrogens with zero attached hydrogens (tertiary/aromatic N) is 4. The minimum atomic E-state index is -0.573. The third-order valence-corrected chi connectivity index (χ3v) is 3.75. The fraction of sp³-hybridized carbons (Fsp3) is 0.316. The molecule has 0 spiro atoms. The SMILES string of the molecule is CN(C(=O)OC(C)(C)C)c1ccn2cc(-c3ccc(CO)cc3)nc2n1. The van der Waals surface area contributed by atoms with E-state index in [0.717, 1.165) is 16.8 Å². The number of aliphatic hydroxyl groups excluding tert-OH is 1. The van der Waals surface area contributed by atoms with Gasteiger partial charge in [0.1, 0.15) is 11.4 Å². The maximum atomic E-state index is 12.2. The van der Waals surface area contributed by atoms with Gasteiger partial charge in [0.15, 0.2) is 0 Å². The van der Waals surface area contributed by atoms with Crippen molar-refractivity contribution in [1.82, 2.24) is 14.4 Å². The Labute approximate surface area is 151 Å². The number of ether oxygens (including phenoxy) is 1. The molecule has 0 fully saturated rings. The van der Waals surface area contributed by atoms with E-state index in [1.54, 1.807) is 23.7 Å². The molecule has 0 aliphatic rings. The molecule has 1 amide bonds. The monoisotopic (exact) mass is 354 g/mol. The number of hydrogen-bond donors (Lipinski definition) is 1. The highest BCUT2D eigenvalue weighted by molar-refractivity contribution is 5.86. The van der Waals surface area contributed by atoms with Gasteiger partial charge in [0.25, 0.3) is 0 Å². The van der Waals surface area contributed by atoms with E-state index >= 15 is 0 Å². The summed E-state index contributed by atoms with van der Waals surface area (Å²) in [6.45, 7) is 5.46. The highest BCUT2D eigenvalue weighted by atomic mass is 16.6.